The van der Waals surface area contributed by atoms with Gasteiger partial charge in [-0.15, -0.1) is 0 Å². The molecule has 2 rings (SSSR count). The van der Waals surface area contributed by atoms with Gasteiger partial charge in [-0.05, 0) is 0 Å². The van der Waals surface area contributed by atoms with Crippen LogP contribution in [-0.2, 0) is 20.5 Å². The fourth-order valence-electron chi connectivity index (χ4n) is 5.13. The Kier molecular flexibility index (Phi) is 8.52. The van der Waals surface area contributed by atoms with Gasteiger partial charge in [0, 0.05) is 0 Å². The Morgan fingerprint density at radius 3 is 1.11 bits per heavy atom. The van der Waals surface area contributed by atoms with Crippen LogP contribution in [0.2, 0.25) is 6.34 Å². The first-order chi connectivity index (χ1) is 13.0. The summed E-state index contributed by atoms with van der Waals surface area (Å²) in [6.45, 7) is 14.2. The normalized spacial score (nSPS) is 19.9. The van der Waals surface area contributed by atoms with Crippen LogP contribution in [0, 0.1) is 0 Å². The van der Waals surface area contributed by atoms with Crippen molar-refractivity contribution in [1.29, 1.82) is 0 Å². The maximum absolute atomic E-state index is 4.44. The first-order valence-electron chi connectivity index (χ1n) is 11.3. The van der Waals surface area contributed by atoms with Crippen molar-refractivity contribution >= 4 is 0 Å². The summed E-state index contributed by atoms with van der Waals surface area (Å²) >= 11 is -3.51. The van der Waals surface area contributed by atoms with Crippen molar-refractivity contribution in [3.05, 3.63) is 48.6 Å². The molecule has 2 aliphatic rings. The number of nitrogens with one attached hydrogen (secondary N) is 2. The van der Waals surface area contributed by atoms with E-state index in [0.29, 0.717) is 12.1 Å². The van der Waals surface area contributed by atoms with Gasteiger partial charge in [-0.3, -0.25) is 0 Å². The zero-order chi connectivity index (χ0) is 20.0. The Labute approximate surface area is 173 Å². The van der Waals surface area contributed by atoms with Gasteiger partial charge < -0.3 is 0 Å². The average molecular weight is 537 g/mol. The topological polar surface area (TPSA) is 24.1 Å². The molecule has 0 spiro atoms. The zero-order valence-corrected chi connectivity index (χ0v) is 22.1. The molecular weight excluding hydrogens is 495 g/mol. The molecule has 0 aromatic carbocycles. The molecule has 0 unspecified atom stereocenters. The van der Waals surface area contributed by atoms with Gasteiger partial charge in [0.2, 0.25) is 0 Å². The molecule has 0 saturated carbocycles. The van der Waals surface area contributed by atoms with Gasteiger partial charge in [-0.1, -0.05) is 0 Å². The Morgan fingerprint density at radius 1 is 0.593 bits per heavy atom. The number of hydrogen-bond donors (Lipinski definition) is 2. The molecule has 27 heavy (non-hydrogen) atoms. The fraction of sp³-hybridized carbons (Fsp3) is 0.667. The first-order valence-corrected chi connectivity index (χ1v) is 18.5. The van der Waals surface area contributed by atoms with Crippen LogP contribution in [0.3, 0.4) is 0 Å². The number of hydrogen-bond acceptors (Lipinski definition) is 2. The molecule has 0 aliphatic heterocycles. The van der Waals surface area contributed by atoms with Gasteiger partial charge in [-0.2, -0.15) is 0 Å². The van der Waals surface area contributed by atoms with Crippen LogP contribution < -0.4 is 6.61 Å². The van der Waals surface area contributed by atoms with E-state index in [1.807, 2.05) is 0 Å². The molecule has 0 fully saturated rings. The van der Waals surface area contributed by atoms with Crippen molar-refractivity contribution < 1.29 is 20.5 Å². The second-order valence-corrected chi connectivity index (χ2v) is 22.4. The van der Waals surface area contributed by atoms with Crippen LogP contribution in [0.1, 0.15) is 80.1 Å². The summed E-state index contributed by atoms with van der Waals surface area (Å²) in [4.78, 5) is 0. The molecule has 0 bridgehead atoms. The monoisotopic (exact) mass is 538 g/mol. The molecule has 3 heteroatoms. The summed E-state index contributed by atoms with van der Waals surface area (Å²) in [6, 6.07) is 1.18. The molecule has 2 aliphatic carbocycles. The van der Waals surface area contributed by atoms with Crippen LogP contribution in [-0.4, -0.2) is 12.1 Å². The predicted molar refractivity (Wildman–Crippen MR) is 118 cm³/mol. The second-order valence-electron chi connectivity index (χ2n) is 8.29. The minimum atomic E-state index is -3.51. The van der Waals surface area contributed by atoms with Crippen LogP contribution >= 0.6 is 0 Å². The van der Waals surface area contributed by atoms with E-state index in [0.717, 1.165) is 0 Å². The molecule has 0 amide bonds. The Balaban J connectivity index is 2.71. The molecular formula is C24H42HfN2. The van der Waals surface area contributed by atoms with E-state index in [4.69, 9.17) is 0 Å². The van der Waals surface area contributed by atoms with E-state index < -0.39 is 20.5 Å². The predicted octanol–water partition coefficient (Wildman–Crippen LogP) is 6.92. The summed E-state index contributed by atoms with van der Waals surface area (Å²) in [6.07, 6.45) is 26.5. The quantitative estimate of drug-likeness (QED) is 0.265. The van der Waals surface area contributed by atoms with Gasteiger partial charge in [0.25, 0.3) is 0 Å². The van der Waals surface area contributed by atoms with Crippen molar-refractivity contribution in [2.24, 2.45) is 0 Å². The molecule has 0 heterocycles. The number of rotatable bonds is 12. The van der Waals surface area contributed by atoms with Crippen LogP contribution in [0.5, 0.6) is 0 Å². The van der Waals surface area contributed by atoms with Crippen molar-refractivity contribution in [3.8, 4) is 0 Å². The third-order valence-electron chi connectivity index (χ3n) is 7.18. The third kappa shape index (κ3) is 4.07. The van der Waals surface area contributed by atoms with Gasteiger partial charge in [-0.25, -0.2) is 0 Å². The Hall–Kier alpha value is -0.250. The first kappa shape index (κ1) is 23.0. The third-order valence-corrected chi connectivity index (χ3v) is 28.2. The van der Waals surface area contributed by atoms with E-state index in [2.05, 4.69) is 96.8 Å². The average Bonchev–Trinajstić information content (AvgIpc) is 3.39. The van der Waals surface area contributed by atoms with Crippen molar-refractivity contribution in [1.82, 2.24) is 6.61 Å². The van der Waals surface area contributed by atoms with Gasteiger partial charge >= 0.3 is 174 Å². The van der Waals surface area contributed by atoms with E-state index in [1.165, 1.54) is 38.5 Å². The molecule has 0 aromatic rings. The Morgan fingerprint density at radius 2 is 0.889 bits per heavy atom. The SMILES string of the molecule is CCC(CC)[NH][Hf]([NH]C(CC)CC)([C]1(CC)C=CC=C1)[C]1(CC)C=CC=C1. The molecule has 152 valence electrons. The maximum atomic E-state index is 4.44. The zero-order valence-electron chi connectivity index (χ0n) is 18.5. The van der Waals surface area contributed by atoms with Crippen molar-refractivity contribution in [3.63, 3.8) is 0 Å². The fourth-order valence-corrected chi connectivity index (χ4v) is 28.5. The van der Waals surface area contributed by atoms with Gasteiger partial charge in [0.15, 0.2) is 0 Å². The molecule has 0 saturated heterocycles. The van der Waals surface area contributed by atoms with Crippen molar-refractivity contribution in [2.45, 2.75) is 98.5 Å². The van der Waals surface area contributed by atoms with E-state index >= 15 is 0 Å². The Bertz CT molecular complexity index is 503. The van der Waals surface area contributed by atoms with Gasteiger partial charge in [0.1, 0.15) is 0 Å². The van der Waals surface area contributed by atoms with E-state index in [-0.39, 0.29) is 6.34 Å². The molecule has 0 radical (unpaired) electrons. The summed E-state index contributed by atoms with van der Waals surface area (Å²) in [7, 11) is 0. The second kappa shape index (κ2) is 9.98. The van der Waals surface area contributed by atoms with Gasteiger partial charge in [0.05, 0.1) is 0 Å². The van der Waals surface area contributed by atoms with E-state index in [9.17, 15) is 0 Å². The summed E-state index contributed by atoms with van der Waals surface area (Å²) in [5.74, 6) is 0. The van der Waals surface area contributed by atoms with Crippen LogP contribution in [0.4, 0.5) is 0 Å². The summed E-state index contributed by atoms with van der Waals surface area (Å²) in [5.41, 5.74) is 0. The molecule has 2 N–H and O–H groups in total. The van der Waals surface area contributed by atoms with E-state index in [1.54, 1.807) is 0 Å². The van der Waals surface area contributed by atoms with Crippen LogP contribution in [0.15, 0.2) is 48.6 Å². The number of allylic oxidation sites excluding steroid dienone is 8. The molecule has 0 atom stereocenters. The minimum absolute atomic E-state index is 0.174. The molecule has 2 nitrogen and oxygen atoms in total. The van der Waals surface area contributed by atoms with Crippen LogP contribution in [0.25, 0.3) is 0 Å². The van der Waals surface area contributed by atoms with Crippen molar-refractivity contribution in [2.75, 3.05) is 0 Å². The standard InChI is InChI=1S/2C7H9.2C5H12N.Hf/c2*1-2-7-5-3-4-6-7;2*1-3-5(6)4-2;/h2*3-6H,2H2,1H3;2*5-6H,3-4H2,1-2H3;/q;;2*-1;+2. The summed E-state index contributed by atoms with van der Waals surface area (Å²) < 4.78 is 9.23. The molecule has 0 aromatic heterocycles. The summed E-state index contributed by atoms with van der Waals surface area (Å²) in [5, 5.41) is 0.